The molecule has 8 heteroatoms. The second-order valence-corrected chi connectivity index (χ2v) is 6.59. The number of piperidine rings is 1. The Balaban J connectivity index is 0.00000338. The number of aromatic nitrogens is 1. The SMILES string of the molecule is COCCN(C)c1ccc(CN2CCCC(C(=O)NCCN)C2)cn1.Cl. The lowest BCUT2D eigenvalue weighted by Crippen LogP contribution is -2.43. The molecule has 1 fully saturated rings. The van der Waals surface area contributed by atoms with E-state index < -0.39 is 0 Å². The summed E-state index contributed by atoms with van der Waals surface area (Å²) in [5, 5.41) is 2.90. The second kappa shape index (κ2) is 12.1. The smallest absolute Gasteiger partial charge is 0.224 e. The largest absolute Gasteiger partial charge is 0.383 e. The molecule has 1 unspecified atom stereocenters. The van der Waals surface area contributed by atoms with Crippen LogP contribution in [0, 0.1) is 5.92 Å². The molecule has 1 saturated heterocycles. The summed E-state index contributed by atoms with van der Waals surface area (Å²) in [5.41, 5.74) is 6.63. The van der Waals surface area contributed by atoms with E-state index in [0.717, 1.165) is 44.8 Å². The summed E-state index contributed by atoms with van der Waals surface area (Å²) in [4.78, 5) is 21.1. The van der Waals surface area contributed by atoms with Gasteiger partial charge in [-0.15, -0.1) is 12.4 Å². The first-order valence-corrected chi connectivity index (χ1v) is 8.99. The van der Waals surface area contributed by atoms with E-state index in [2.05, 4.69) is 26.2 Å². The molecule has 1 amide bonds. The highest BCUT2D eigenvalue weighted by atomic mass is 35.5. The Labute approximate surface area is 162 Å². The zero-order valence-corrected chi connectivity index (χ0v) is 16.6. The average molecular weight is 386 g/mol. The molecule has 1 aliphatic rings. The van der Waals surface area contributed by atoms with Crippen molar-refractivity contribution in [3.63, 3.8) is 0 Å². The number of carbonyl (C=O) groups excluding carboxylic acids is 1. The van der Waals surface area contributed by atoms with Crippen molar-refractivity contribution in [1.82, 2.24) is 15.2 Å². The number of hydrogen-bond donors (Lipinski definition) is 2. The first-order valence-electron chi connectivity index (χ1n) is 8.99. The predicted octanol–water partition coefficient (Wildman–Crippen LogP) is 0.873. The Morgan fingerprint density at radius 3 is 2.96 bits per heavy atom. The highest BCUT2D eigenvalue weighted by Gasteiger charge is 2.25. The van der Waals surface area contributed by atoms with Gasteiger partial charge in [-0.25, -0.2) is 4.98 Å². The van der Waals surface area contributed by atoms with Crippen LogP contribution in [0.1, 0.15) is 18.4 Å². The number of likely N-dealkylation sites (N-methyl/N-ethyl adjacent to an activating group) is 1. The van der Waals surface area contributed by atoms with E-state index >= 15 is 0 Å². The summed E-state index contributed by atoms with van der Waals surface area (Å²) in [6.45, 7) is 5.18. The number of anilines is 1. The van der Waals surface area contributed by atoms with Gasteiger partial charge in [0.1, 0.15) is 5.82 Å². The molecular weight excluding hydrogens is 354 g/mol. The molecule has 26 heavy (non-hydrogen) atoms. The maximum absolute atomic E-state index is 12.1. The maximum atomic E-state index is 12.1. The minimum absolute atomic E-state index is 0. The van der Waals surface area contributed by atoms with Crippen molar-refractivity contribution in [3.8, 4) is 0 Å². The maximum Gasteiger partial charge on any atom is 0.224 e. The number of hydrogen-bond acceptors (Lipinski definition) is 6. The summed E-state index contributed by atoms with van der Waals surface area (Å²) >= 11 is 0. The summed E-state index contributed by atoms with van der Waals surface area (Å²) in [6.07, 6.45) is 3.93. The molecule has 0 radical (unpaired) electrons. The minimum atomic E-state index is 0. The van der Waals surface area contributed by atoms with Gasteiger partial charge in [0.2, 0.25) is 5.91 Å². The molecule has 1 aliphatic heterocycles. The van der Waals surface area contributed by atoms with Crippen LogP contribution < -0.4 is 16.0 Å². The van der Waals surface area contributed by atoms with Crippen molar-refractivity contribution in [1.29, 1.82) is 0 Å². The number of rotatable bonds is 9. The Hall–Kier alpha value is -1.41. The van der Waals surface area contributed by atoms with Crippen LogP contribution in [0.15, 0.2) is 18.3 Å². The van der Waals surface area contributed by atoms with Gasteiger partial charge in [0.05, 0.1) is 12.5 Å². The molecule has 0 bridgehead atoms. The molecule has 0 spiro atoms. The van der Waals surface area contributed by atoms with Crippen LogP contribution in [0.2, 0.25) is 0 Å². The van der Waals surface area contributed by atoms with Crippen molar-refractivity contribution < 1.29 is 9.53 Å². The zero-order chi connectivity index (χ0) is 18.1. The zero-order valence-electron chi connectivity index (χ0n) is 15.8. The third-order valence-electron chi connectivity index (χ3n) is 4.56. The second-order valence-electron chi connectivity index (χ2n) is 6.59. The van der Waals surface area contributed by atoms with Crippen molar-refractivity contribution >= 4 is 24.1 Å². The number of carbonyl (C=O) groups is 1. The van der Waals surface area contributed by atoms with Crippen LogP contribution in [0.4, 0.5) is 5.82 Å². The number of methoxy groups -OCH3 is 1. The minimum Gasteiger partial charge on any atom is -0.383 e. The van der Waals surface area contributed by atoms with E-state index in [4.69, 9.17) is 10.5 Å². The third kappa shape index (κ3) is 7.07. The van der Waals surface area contributed by atoms with Crippen molar-refractivity contribution in [2.45, 2.75) is 19.4 Å². The summed E-state index contributed by atoms with van der Waals surface area (Å²) < 4.78 is 5.10. The average Bonchev–Trinajstić information content (AvgIpc) is 2.65. The lowest BCUT2D eigenvalue weighted by atomic mass is 9.97. The number of amides is 1. The van der Waals surface area contributed by atoms with Crippen molar-refractivity contribution in [2.24, 2.45) is 11.7 Å². The first-order chi connectivity index (χ1) is 12.1. The fourth-order valence-corrected chi connectivity index (χ4v) is 3.09. The van der Waals surface area contributed by atoms with Crippen LogP contribution in [0.25, 0.3) is 0 Å². The quantitative estimate of drug-likeness (QED) is 0.656. The topological polar surface area (TPSA) is 83.7 Å². The first kappa shape index (κ1) is 22.6. The van der Waals surface area contributed by atoms with E-state index in [0.29, 0.717) is 19.7 Å². The predicted molar refractivity (Wildman–Crippen MR) is 107 cm³/mol. The van der Waals surface area contributed by atoms with Gasteiger partial charge in [-0.3, -0.25) is 9.69 Å². The molecule has 3 N–H and O–H groups in total. The Kier molecular flexibility index (Phi) is 10.5. The summed E-state index contributed by atoms with van der Waals surface area (Å²) in [5.74, 6) is 1.13. The fraction of sp³-hybridized carbons (Fsp3) is 0.667. The molecular formula is C18H32ClN5O2. The summed E-state index contributed by atoms with van der Waals surface area (Å²) in [6, 6.07) is 4.16. The molecule has 148 valence electrons. The molecule has 7 nitrogen and oxygen atoms in total. The van der Waals surface area contributed by atoms with Gasteiger partial charge in [-0.05, 0) is 31.0 Å². The monoisotopic (exact) mass is 385 g/mol. The molecule has 2 rings (SSSR count). The van der Waals surface area contributed by atoms with Gasteiger partial charge in [-0.2, -0.15) is 0 Å². The number of likely N-dealkylation sites (tertiary alicyclic amines) is 1. The number of nitrogens with two attached hydrogens (primary N) is 1. The van der Waals surface area contributed by atoms with E-state index in [1.807, 2.05) is 19.3 Å². The van der Waals surface area contributed by atoms with Crippen LogP contribution >= 0.6 is 12.4 Å². The van der Waals surface area contributed by atoms with Gasteiger partial charge in [0, 0.05) is 53.1 Å². The molecule has 2 heterocycles. The Morgan fingerprint density at radius 1 is 1.50 bits per heavy atom. The molecule has 0 aliphatic carbocycles. The van der Waals surface area contributed by atoms with Crippen molar-refractivity contribution in [2.75, 3.05) is 58.4 Å². The van der Waals surface area contributed by atoms with E-state index in [-0.39, 0.29) is 24.2 Å². The number of nitrogens with one attached hydrogen (secondary N) is 1. The van der Waals surface area contributed by atoms with Gasteiger partial charge in [0.15, 0.2) is 0 Å². The Bertz CT molecular complexity index is 529. The lowest BCUT2D eigenvalue weighted by molar-refractivity contribution is -0.126. The molecule has 0 aromatic carbocycles. The van der Waals surface area contributed by atoms with E-state index in [1.54, 1.807) is 7.11 Å². The number of pyridine rings is 1. The highest BCUT2D eigenvalue weighted by molar-refractivity contribution is 5.85. The molecule has 1 aromatic rings. The summed E-state index contributed by atoms with van der Waals surface area (Å²) in [7, 11) is 3.71. The molecule has 0 saturated carbocycles. The third-order valence-corrected chi connectivity index (χ3v) is 4.56. The highest BCUT2D eigenvalue weighted by Crippen LogP contribution is 2.19. The van der Waals surface area contributed by atoms with Crippen LogP contribution in [-0.2, 0) is 16.1 Å². The number of ether oxygens (including phenoxy) is 1. The lowest BCUT2D eigenvalue weighted by Gasteiger charge is -2.32. The van der Waals surface area contributed by atoms with Crippen molar-refractivity contribution in [3.05, 3.63) is 23.9 Å². The fourth-order valence-electron chi connectivity index (χ4n) is 3.09. The standard InChI is InChI=1S/C18H31N5O2.ClH/c1-22(10-11-25-2)17-6-5-15(12-21-17)13-23-9-3-4-16(14-23)18(24)20-8-7-19;/h5-6,12,16H,3-4,7-11,13-14,19H2,1-2H3,(H,20,24);1H. The molecule has 1 atom stereocenters. The molecule has 1 aromatic heterocycles. The van der Waals surface area contributed by atoms with Gasteiger partial charge in [0.25, 0.3) is 0 Å². The Morgan fingerprint density at radius 2 is 2.31 bits per heavy atom. The van der Waals surface area contributed by atoms with Gasteiger partial charge in [-0.1, -0.05) is 6.07 Å². The van der Waals surface area contributed by atoms with Crippen LogP contribution in [0.5, 0.6) is 0 Å². The van der Waals surface area contributed by atoms with Gasteiger partial charge >= 0.3 is 0 Å². The van der Waals surface area contributed by atoms with Crippen LogP contribution in [0.3, 0.4) is 0 Å². The van der Waals surface area contributed by atoms with Crippen LogP contribution in [-0.4, -0.2) is 69.3 Å². The van der Waals surface area contributed by atoms with E-state index in [9.17, 15) is 4.79 Å². The number of nitrogens with zero attached hydrogens (tertiary/aromatic N) is 3. The van der Waals surface area contributed by atoms with Gasteiger partial charge < -0.3 is 20.7 Å². The number of halogens is 1. The van der Waals surface area contributed by atoms with E-state index in [1.165, 1.54) is 5.56 Å². The normalized spacial score (nSPS) is 17.4.